The SMILES string of the molecule is COC(=O)c1ccc(Oc2ncnc(Oc3ccc(Cl)c(C)c3)c2N)cc1. The number of rotatable bonds is 5. The lowest BCUT2D eigenvalue weighted by atomic mass is 10.2. The molecular weight excluding hydrogens is 370 g/mol. The molecule has 0 aliphatic rings. The molecule has 8 heteroatoms. The Morgan fingerprint density at radius 1 is 1.00 bits per heavy atom. The van der Waals surface area contributed by atoms with E-state index in [9.17, 15) is 4.79 Å². The second kappa shape index (κ2) is 7.92. The Hall–Kier alpha value is -3.32. The minimum atomic E-state index is -0.433. The summed E-state index contributed by atoms with van der Waals surface area (Å²) in [6, 6.07) is 11.6. The van der Waals surface area contributed by atoms with Crippen LogP contribution in [0.15, 0.2) is 48.8 Å². The van der Waals surface area contributed by atoms with Gasteiger partial charge in [-0.05, 0) is 55.0 Å². The second-order valence-electron chi connectivity index (χ2n) is 5.53. The summed E-state index contributed by atoms with van der Waals surface area (Å²) in [5, 5.41) is 0.637. The maximum atomic E-state index is 11.5. The largest absolute Gasteiger partial charge is 0.465 e. The predicted octanol–water partition coefficient (Wildman–Crippen LogP) is 4.39. The van der Waals surface area contributed by atoms with E-state index in [-0.39, 0.29) is 17.4 Å². The lowest BCUT2D eigenvalue weighted by molar-refractivity contribution is 0.0600. The minimum Gasteiger partial charge on any atom is -0.465 e. The first kappa shape index (κ1) is 18.5. The number of carbonyl (C=O) groups excluding carboxylic acids is 1. The van der Waals surface area contributed by atoms with E-state index in [0.717, 1.165) is 5.56 Å². The molecule has 1 heterocycles. The van der Waals surface area contributed by atoms with Crippen LogP contribution in [0.1, 0.15) is 15.9 Å². The number of aryl methyl sites for hydroxylation is 1. The number of esters is 1. The lowest BCUT2D eigenvalue weighted by Gasteiger charge is -2.11. The molecule has 0 saturated heterocycles. The molecule has 138 valence electrons. The number of ether oxygens (including phenoxy) is 3. The Morgan fingerprint density at radius 2 is 1.59 bits per heavy atom. The van der Waals surface area contributed by atoms with Gasteiger partial charge in [-0.3, -0.25) is 0 Å². The molecule has 2 N–H and O–H groups in total. The van der Waals surface area contributed by atoms with Gasteiger partial charge in [-0.1, -0.05) is 11.6 Å². The molecule has 0 saturated carbocycles. The highest BCUT2D eigenvalue weighted by molar-refractivity contribution is 6.31. The Bertz CT molecular complexity index is 977. The molecule has 0 atom stereocenters. The van der Waals surface area contributed by atoms with Gasteiger partial charge in [0.1, 0.15) is 17.8 Å². The Kier molecular flexibility index (Phi) is 5.42. The minimum absolute atomic E-state index is 0.136. The zero-order chi connectivity index (χ0) is 19.4. The van der Waals surface area contributed by atoms with Crippen molar-refractivity contribution in [2.24, 2.45) is 0 Å². The van der Waals surface area contributed by atoms with Gasteiger partial charge in [-0.25, -0.2) is 4.79 Å². The molecule has 0 bridgehead atoms. The van der Waals surface area contributed by atoms with Crippen LogP contribution < -0.4 is 15.2 Å². The van der Waals surface area contributed by atoms with Gasteiger partial charge in [0.15, 0.2) is 5.69 Å². The van der Waals surface area contributed by atoms with Gasteiger partial charge in [0, 0.05) is 5.02 Å². The highest BCUT2D eigenvalue weighted by Gasteiger charge is 2.13. The molecule has 0 unspecified atom stereocenters. The molecule has 1 aromatic heterocycles. The summed E-state index contributed by atoms with van der Waals surface area (Å²) < 4.78 is 16.0. The summed E-state index contributed by atoms with van der Waals surface area (Å²) in [5.74, 6) is 0.846. The Balaban J connectivity index is 1.80. The number of hydrogen-bond acceptors (Lipinski definition) is 7. The highest BCUT2D eigenvalue weighted by Crippen LogP contribution is 2.34. The highest BCUT2D eigenvalue weighted by atomic mass is 35.5. The fraction of sp³-hybridized carbons (Fsp3) is 0.105. The second-order valence-corrected chi connectivity index (χ2v) is 5.94. The molecule has 3 rings (SSSR count). The van der Waals surface area contributed by atoms with E-state index in [4.69, 9.17) is 26.8 Å². The van der Waals surface area contributed by atoms with E-state index in [1.54, 1.807) is 42.5 Å². The van der Waals surface area contributed by atoms with Crippen LogP contribution in [0, 0.1) is 6.92 Å². The fourth-order valence-corrected chi connectivity index (χ4v) is 2.33. The molecule has 0 aliphatic carbocycles. The van der Waals surface area contributed by atoms with Crippen molar-refractivity contribution in [1.82, 2.24) is 9.97 Å². The number of nitrogens with two attached hydrogens (primary N) is 1. The summed E-state index contributed by atoms with van der Waals surface area (Å²) in [7, 11) is 1.32. The van der Waals surface area contributed by atoms with Crippen molar-refractivity contribution < 1.29 is 19.0 Å². The molecule has 3 aromatic rings. The number of aromatic nitrogens is 2. The number of methoxy groups -OCH3 is 1. The van der Waals surface area contributed by atoms with Gasteiger partial charge in [0.2, 0.25) is 11.8 Å². The summed E-state index contributed by atoms with van der Waals surface area (Å²) in [6.07, 6.45) is 1.28. The first-order valence-corrected chi connectivity index (χ1v) is 8.26. The number of nitrogens with zero attached hydrogens (tertiary/aromatic N) is 2. The van der Waals surface area contributed by atoms with Crippen molar-refractivity contribution in [3.05, 3.63) is 64.9 Å². The molecule has 0 spiro atoms. The average Bonchev–Trinajstić information content (AvgIpc) is 2.68. The molecule has 0 fully saturated rings. The number of hydrogen-bond donors (Lipinski definition) is 1. The van der Waals surface area contributed by atoms with Gasteiger partial charge >= 0.3 is 5.97 Å². The van der Waals surface area contributed by atoms with Crippen molar-refractivity contribution >= 4 is 23.3 Å². The van der Waals surface area contributed by atoms with Crippen LogP contribution >= 0.6 is 11.6 Å². The smallest absolute Gasteiger partial charge is 0.337 e. The standard InChI is InChI=1S/C19H16ClN3O4/c1-11-9-14(7-8-15(11)20)27-18-16(21)17(22-10-23-18)26-13-5-3-12(4-6-13)19(24)25-2/h3-10H,21H2,1-2H3. The number of anilines is 1. The van der Waals surface area contributed by atoms with Crippen molar-refractivity contribution in [3.8, 4) is 23.3 Å². The van der Waals surface area contributed by atoms with E-state index in [2.05, 4.69) is 14.7 Å². The van der Waals surface area contributed by atoms with Crippen molar-refractivity contribution in [2.45, 2.75) is 6.92 Å². The van der Waals surface area contributed by atoms with Crippen molar-refractivity contribution in [1.29, 1.82) is 0 Å². The van der Waals surface area contributed by atoms with Crippen LogP contribution in [-0.4, -0.2) is 23.0 Å². The number of halogens is 1. The number of nitrogen functional groups attached to an aromatic ring is 1. The maximum absolute atomic E-state index is 11.5. The van der Waals surface area contributed by atoms with E-state index in [1.165, 1.54) is 13.4 Å². The summed E-state index contributed by atoms with van der Waals surface area (Å²) >= 11 is 6.02. The van der Waals surface area contributed by atoms with E-state index in [1.807, 2.05) is 6.92 Å². The van der Waals surface area contributed by atoms with Gasteiger partial charge in [-0.2, -0.15) is 9.97 Å². The third-order valence-electron chi connectivity index (χ3n) is 3.64. The monoisotopic (exact) mass is 385 g/mol. The molecule has 2 aromatic carbocycles. The predicted molar refractivity (Wildman–Crippen MR) is 101 cm³/mol. The first-order valence-electron chi connectivity index (χ1n) is 7.88. The van der Waals surface area contributed by atoms with Gasteiger partial charge in [-0.15, -0.1) is 0 Å². The van der Waals surface area contributed by atoms with Gasteiger partial charge in [0.05, 0.1) is 12.7 Å². The van der Waals surface area contributed by atoms with E-state index in [0.29, 0.717) is 22.1 Å². The Labute approximate surface area is 160 Å². The third kappa shape index (κ3) is 4.27. The summed E-state index contributed by atoms with van der Waals surface area (Å²) in [5.41, 5.74) is 7.48. The van der Waals surface area contributed by atoms with Crippen molar-refractivity contribution in [2.75, 3.05) is 12.8 Å². The zero-order valence-electron chi connectivity index (χ0n) is 14.6. The normalized spacial score (nSPS) is 10.3. The van der Waals surface area contributed by atoms with Crippen molar-refractivity contribution in [3.63, 3.8) is 0 Å². The Morgan fingerprint density at radius 3 is 2.19 bits per heavy atom. The molecule has 0 amide bonds. The fourth-order valence-electron chi connectivity index (χ4n) is 2.21. The summed E-state index contributed by atoms with van der Waals surface area (Å²) in [6.45, 7) is 1.87. The van der Waals surface area contributed by atoms with Crippen LogP contribution in [0.3, 0.4) is 0 Å². The van der Waals surface area contributed by atoms with Gasteiger partial charge in [0.25, 0.3) is 0 Å². The lowest BCUT2D eigenvalue weighted by Crippen LogP contribution is -2.02. The average molecular weight is 386 g/mol. The third-order valence-corrected chi connectivity index (χ3v) is 4.07. The molecule has 7 nitrogen and oxygen atoms in total. The van der Waals surface area contributed by atoms with Crippen LogP contribution in [0.5, 0.6) is 23.3 Å². The zero-order valence-corrected chi connectivity index (χ0v) is 15.4. The topological polar surface area (TPSA) is 96.6 Å². The molecule has 0 aliphatic heterocycles. The number of benzene rings is 2. The number of carbonyl (C=O) groups is 1. The molecule has 27 heavy (non-hydrogen) atoms. The van der Waals surface area contributed by atoms with Crippen LogP contribution in [-0.2, 0) is 4.74 Å². The van der Waals surface area contributed by atoms with Crippen LogP contribution in [0.25, 0.3) is 0 Å². The molecular formula is C19H16ClN3O4. The van der Waals surface area contributed by atoms with Crippen LogP contribution in [0.4, 0.5) is 5.69 Å². The maximum Gasteiger partial charge on any atom is 0.337 e. The molecule has 0 radical (unpaired) electrons. The van der Waals surface area contributed by atoms with E-state index >= 15 is 0 Å². The quantitative estimate of drug-likeness (QED) is 0.650. The summed E-state index contributed by atoms with van der Waals surface area (Å²) in [4.78, 5) is 19.5. The van der Waals surface area contributed by atoms with Crippen LogP contribution in [0.2, 0.25) is 5.02 Å². The van der Waals surface area contributed by atoms with E-state index < -0.39 is 5.97 Å². The first-order chi connectivity index (χ1) is 13.0. The van der Waals surface area contributed by atoms with Gasteiger partial charge < -0.3 is 19.9 Å².